The number of ether oxygens (including phenoxy) is 4. The summed E-state index contributed by atoms with van der Waals surface area (Å²) < 4.78 is 21.8. The fraction of sp³-hybridized carbons (Fsp3) is 0.909. The Kier molecular flexibility index (Phi) is 2.09. The van der Waals surface area contributed by atoms with Crippen molar-refractivity contribution in [2.75, 3.05) is 20.3 Å². The lowest BCUT2D eigenvalue weighted by Crippen LogP contribution is -2.49. The first-order valence-corrected chi connectivity index (χ1v) is 5.69. The number of carbonyl (C=O) groups is 1. The highest BCUT2D eigenvalue weighted by molar-refractivity contribution is 5.83. The van der Waals surface area contributed by atoms with Gasteiger partial charge >= 0.3 is 5.97 Å². The molecule has 3 fully saturated rings. The molecule has 5 heteroatoms. The minimum atomic E-state index is -0.714. The van der Waals surface area contributed by atoms with Crippen molar-refractivity contribution in [3.05, 3.63) is 0 Å². The molecule has 3 atom stereocenters. The monoisotopic (exact) mass is 228 g/mol. The van der Waals surface area contributed by atoms with Gasteiger partial charge < -0.3 is 18.9 Å². The smallest absolute Gasteiger partial charge is 0.340 e. The fourth-order valence-electron chi connectivity index (χ4n) is 3.03. The summed E-state index contributed by atoms with van der Waals surface area (Å²) in [6.45, 7) is 3.27. The van der Waals surface area contributed by atoms with Gasteiger partial charge in [-0.25, -0.2) is 4.79 Å². The molecule has 2 aliphatic heterocycles. The van der Waals surface area contributed by atoms with Crippen LogP contribution in [0.2, 0.25) is 0 Å². The van der Waals surface area contributed by atoms with Gasteiger partial charge in [0.15, 0.2) is 11.4 Å². The third-order valence-corrected chi connectivity index (χ3v) is 4.04. The summed E-state index contributed by atoms with van der Waals surface area (Å²) >= 11 is 0. The second-order valence-electron chi connectivity index (χ2n) is 4.72. The number of fused-ring (bicyclic) bond motifs is 1. The number of esters is 1. The number of hydrogen-bond donors (Lipinski definition) is 0. The standard InChI is InChI=1S/C11H16O5/c1-7-8-10(16-8,9(12)13-2)3-4-11(7)14-5-6-15-11/h7-8H,3-6H2,1-2H3. The predicted octanol–water partition coefficient (Wildman–Crippen LogP) is 0.470. The Bertz CT molecular complexity index is 322. The molecule has 3 rings (SSSR count). The topological polar surface area (TPSA) is 57.3 Å². The summed E-state index contributed by atoms with van der Waals surface area (Å²) in [5.74, 6) is -0.723. The molecule has 2 heterocycles. The van der Waals surface area contributed by atoms with Crippen LogP contribution in [0.5, 0.6) is 0 Å². The van der Waals surface area contributed by atoms with Crippen LogP contribution in [0, 0.1) is 5.92 Å². The van der Waals surface area contributed by atoms with Gasteiger partial charge in [-0.3, -0.25) is 0 Å². The highest BCUT2D eigenvalue weighted by Gasteiger charge is 2.72. The predicted molar refractivity (Wildman–Crippen MR) is 52.7 cm³/mol. The zero-order valence-corrected chi connectivity index (χ0v) is 9.52. The molecule has 0 aromatic carbocycles. The van der Waals surface area contributed by atoms with Gasteiger partial charge in [0.05, 0.1) is 20.3 Å². The van der Waals surface area contributed by atoms with Crippen molar-refractivity contribution in [1.29, 1.82) is 0 Å². The molecule has 5 nitrogen and oxygen atoms in total. The van der Waals surface area contributed by atoms with Crippen molar-refractivity contribution in [3.63, 3.8) is 0 Å². The molecule has 0 N–H and O–H groups in total. The first kappa shape index (κ1) is 10.5. The number of carbonyl (C=O) groups excluding carboxylic acids is 1. The lowest BCUT2D eigenvalue weighted by atomic mass is 9.78. The molecule has 16 heavy (non-hydrogen) atoms. The Labute approximate surface area is 94.0 Å². The van der Waals surface area contributed by atoms with Gasteiger partial charge in [-0.1, -0.05) is 6.92 Å². The van der Waals surface area contributed by atoms with Crippen LogP contribution >= 0.6 is 0 Å². The van der Waals surface area contributed by atoms with Gasteiger partial charge in [0.1, 0.15) is 6.10 Å². The zero-order valence-electron chi connectivity index (χ0n) is 9.52. The summed E-state index contributed by atoms with van der Waals surface area (Å²) in [4.78, 5) is 11.7. The van der Waals surface area contributed by atoms with E-state index in [2.05, 4.69) is 0 Å². The second-order valence-corrected chi connectivity index (χ2v) is 4.72. The van der Waals surface area contributed by atoms with Crippen LogP contribution in [0.4, 0.5) is 0 Å². The molecule has 0 bridgehead atoms. The third kappa shape index (κ3) is 1.14. The van der Waals surface area contributed by atoms with E-state index in [1.807, 2.05) is 6.92 Å². The Morgan fingerprint density at radius 3 is 2.62 bits per heavy atom. The van der Waals surface area contributed by atoms with Crippen LogP contribution in [0.25, 0.3) is 0 Å². The zero-order chi connectivity index (χ0) is 11.4. The van der Waals surface area contributed by atoms with Crippen molar-refractivity contribution >= 4 is 5.97 Å². The summed E-state index contributed by atoms with van der Waals surface area (Å²) in [6, 6.07) is 0. The van der Waals surface area contributed by atoms with Crippen LogP contribution in [-0.4, -0.2) is 43.8 Å². The SMILES string of the molecule is COC(=O)C12CCC3(OCCO3)C(C)C1O2. The van der Waals surface area contributed by atoms with E-state index in [9.17, 15) is 4.79 Å². The summed E-state index contributed by atoms with van der Waals surface area (Å²) in [6.07, 6.45) is 1.20. The largest absolute Gasteiger partial charge is 0.467 e. The molecule has 3 aliphatic rings. The van der Waals surface area contributed by atoms with E-state index in [0.717, 1.165) is 0 Å². The molecule has 1 aliphatic carbocycles. The van der Waals surface area contributed by atoms with E-state index in [1.165, 1.54) is 7.11 Å². The van der Waals surface area contributed by atoms with E-state index in [1.54, 1.807) is 0 Å². The number of epoxide rings is 1. The normalized spacial score (nSPS) is 44.1. The molecule has 0 amide bonds. The van der Waals surface area contributed by atoms with Crippen molar-refractivity contribution < 1.29 is 23.7 Å². The van der Waals surface area contributed by atoms with E-state index >= 15 is 0 Å². The maximum absolute atomic E-state index is 11.7. The van der Waals surface area contributed by atoms with Crippen LogP contribution in [-0.2, 0) is 23.7 Å². The minimum Gasteiger partial charge on any atom is -0.467 e. The molecule has 0 radical (unpaired) electrons. The second kappa shape index (κ2) is 3.18. The summed E-state index contributed by atoms with van der Waals surface area (Å²) in [5.41, 5.74) is -0.714. The molecule has 90 valence electrons. The van der Waals surface area contributed by atoms with Gasteiger partial charge in [0.2, 0.25) is 0 Å². The quantitative estimate of drug-likeness (QED) is 0.482. The van der Waals surface area contributed by atoms with Crippen molar-refractivity contribution in [2.45, 2.75) is 37.3 Å². The molecule has 0 aromatic heterocycles. The molecule has 0 aromatic rings. The van der Waals surface area contributed by atoms with E-state index in [0.29, 0.717) is 26.1 Å². The first-order valence-electron chi connectivity index (χ1n) is 5.69. The Morgan fingerprint density at radius 1 is 1.31 bits per heavy atom. The lowest BCUT2D eigenvalue weighted by molar-refractivity contribution is -0.207. The number of hydrogen-bond acceptors (Lipinski definition) is 5. The lowest BCUT2D eigenvalue weighted by Gasteiger charge is -2.36. The fourth-order valence-corrected chi connectivity index (χ4v) is 3.03. The maximum atomic E-state index is 11.7. The van der Waals surface area contributed by atoms with Crippen molar-refractivity contribution in [2.24, 2.45) is 5.92 Å². The van der Waals surface area contributed by atoms with Gasteiger partial charge in [0.25, 0.3) is 0 Å². The Morgan fingerprint density at radius 2 is 2.00 bits per heavy atom. The van der Waals surface area contributed by atoms with E-state index in [-0.39, 0.29) is 18.0 Å². The van der Waals surface area contributed by atoms with Crippen LogP contribution in [0.15, 0.2) is 0 Å². The van der Waals surface area contributed by atoms with Crippen molar-refractivity contribution in [3.8, 4) is 0 Å². The highest BCUT2D eigenvalue weighted by Crippen LogP contribution is 2.56. The molecular formula is C11H16O5. The number of methoxy groups -OCH3 is 1. The van der Waals surface area contributed by atoms with Gasteiger partial charge in [-0.2, -0.15) is 0 Å². The highest BCUT2D eigenvalue weighted by atomic mass is 16.7. The van der Waals surface area contributed by atoms with Crippen LogP contribution in [0.3, 0.4) is 0 Å². The van der Waals surface area contributed by atoms with Gasteiger partial charge in [-0.15, -0.1) is 0 Å². The average Bonchev–Trinajstić information content (AvgIpc) is 2.88. The van der Waals surface area contributed by atoms with E-state index in [4.69, 9.17) is 18.9 Å². The molecule has 1 saturated carbocycles. The first-order chi connectivity index (χ1) is 7.65. The summed E-state index contributed by atoms with van der Waals surface area (Å²) in [7, 11) is 1.40. The Hall–Kier alpha value is -0.650. The summed E-state index contributed by atoms with van der Waals surface area (Å²) in [5, 5.41) is 0. The minimum absolute atomic E-state index is 0.0721. The van der Waals surface area contributed by atoms with E-state index < -0.39 is 11.4 Å². The molecule has 1 spiro atoms. The average molecular weight is 228 g/mol. The van der Waals surface area contributed by atoms with Crippen molar-refractivity contribution in [1.82, 2.24) is 0 Å². The van der Waals surface area contributed by atoms with Gasteiger partial charge in [0, 0.05) is 12.3 Å². The maximum Gasteiger partial charge on any atom is 0.340 e. The van der Waals surface area contributed by atoms with Crippen LogP contribution in [0.1, 0.15) is 19.8 Å². The third-order valence-electron chi connectivity index (χ3n) is 4.04. The number of rotatable bonds is 1. The molecular weight excluding hydrogens is 212 g/mol. The Balaban J connectivity index is 1.80. The van der Waals surface area contributed by atoms with Crippen LogP contribution < -0.4 is 0 Å². The molecule has 2 saturated heterocycles. The molecule has 3 unspecified atom stereocenters. The van der Waals surface area contributed by atoms with Gasteiger partial charge in [-0.05, 0) is 6.42 Å².